The summed E-state index contributed by atoms with van der Waals surface area (Å²) in [5, 5.41) is 12.5. The third kappa shape index (κ3) is 3.37. The van der Waals surface area contributed by atoms with Crippen LogP contribution in [-0.4, -0.2) is 17.0 Å². The molecule has 1 amide bonds. The average Bonchev–Trinajstić information content (AvgIpc) is 2.85. The average molecular weight is 337 g/mol. The Morgan fingerprint density at radius 1 is 1.05 bits per heavy atom. The minimum Gasteiger partial charge on any atom is -0.481 e. The van der Waals surface area contributed by atoms with Crippen molar-refractivity contribution in [2.45, 2.75) is 19.3 Å². The third-order valence-corrected chi connectivity index (χ3v) is 4.46. The number of nitrogens with one attached hydrogen (secondary N) is 1. The van der Waals surface area contributed by atoms with Crippen LogP contribution in [0.25, 0.3) is 0 Å². The molecule has 2 rings (SSSR count). The summed E-state index contributed by atoms with van der Waals surface area (Å²) < 4.78 is 0. The van der Waals surface area contributed by atoms with Gasteiger partial charge in [0.2, 0.25) is 5.91 Å². The summed E-state index contributed by atoms with van der Waals surface area (Å²) in [5.41, 5.74) is 0.379. The smallest absolute Gasteiger partial charge is 0.306 e. The molecule has 1 saturated carbocycles. The summed E-state index contributed by atoms with van der Waals surface area (Å²) in [4.78, 5) is 23.0. The normalized spacial score (nSPS) is 21.8. The van der Waals surface area contributed by atoms with E-state index < -0.39 is 11.9 Å². The van der Waals surface area contributed by atoms with Crippen molar-refractivity contribution in [3.63, 3.8) is 0 Å². The van der Waals surface area contributed by atoms with Gasteiger partial charge in [-0.3, -0.25) is 9.59 Å². The van der Waals surface area contributed by atoms with Gasteiger partial charge in [0.05, 0.1) is 26.7 Å². The number of hydrogen-bond donors (Lipinski definition) is 2. The number of benzene rings is 1. The molecule has 1 aliphatic carbocycles. The molecule has 2 unspecified atom stereocenters. The lowest BCUT2D eigenvalue weighted by atomic mass is 10.0. The second-order valence-corrected chi connectivity index (χ2v) is 6.00. The van der Waals surface area contributed by atoms with Gasteiger partial charge < -0.3 is 10.4 Å². The standard InChI is InChI=1S/C13H12Cl3NO3/c14-8-4-10(16)11(5-9(8)15)17-12(18)6-1-2-7(3-6)13(19)20/h4-7H,1-3H2,(H,17,18)(H,19,20). The molecule has 2 N–H and O–H groups in total. The van der Waals surface area contributed by atoms with E-state index in [4.69, 9.17) is 39.9 Å². The van der Waals surface area contributed by atoms with E-state index in [1.54, 1.807) is 0 Å². The quantitative estimate of drug-likeness (QED) is 0.817. The molecule has 4 nitrogen and oxygen atoms in total. The summed E-state index contributed by atoms with van der Waals surface area (Å²) >= 11 is 17.7. The van der Waals surface area contributed by atoms with Crippen molar-refractivity contribution in [2.24, 2.45) is 11.8 Å². The zero-order chi connectivity index (χ0) is 14.9. The van der Waals surface area contributed by atoms with E-state index in [9.17, 15) is 9.59 Å². The molecular formula is C13H12Cl3NO3. The van der Waals surface area contributed by atoms with E-state index in [2.05, 4.69) is 5.32 Å². The summed E-state index contributed by atoms with van der Waals surface area (Å²) in [6.07, 6.45) is 1.42. The Balaban J connectivity index is 2.06. The van der Waals surface area contributed by atoms with Crippen LogP contribution in [0.5, 0.6) is 0 Å². The molecule has 20 heavy (non-hydrogen) atoms. The fraction of sp³-hybridized carbons (Fsp3) is 0.385. The topological polar surface area (TPSA) is 66.4 Å². The van der Waals surface area contributed by atoms with Gasteiger partial charge in [-0.05, 0) is 31.4 Å². The summed E-state index contributed by atoms with van der Waals surface area (Å²) in [6, 6.07) is 2.93. The van der Waals surface area contributed by atoms with Crippen molar-refractivity contribution in [2.75, 3.05) is 5.32 Å². The van der Waals surface area contributed by atoms with Crippen LogP contribution >= 0.6 is 34.8 Å². The molecule has 0 saturated heterocycles. The highest BCUT2D eigenvalue weighted by molar-refractivity contribution is 6.44. The Labute approximate surface area is 131 Å². The Morgan fingerprint density at radius 2 is 1.65 bits per heavy atom. The van der Waals surface area contributed by atoms with Gasteiger partial charge in [0.1, 0.15) is 0 Å². The first-order valence-electron chi connectivity index (χ1n) is 6.06. The molecule has 0 aliphatic heterocycles. The van der Waals surface area contributed by atoms with Gasteiger partial charge in [-0.25, -0.2) is 0 Å². The van der Waals surface area contributed by atoms with Gasteiger partial charge in [0.25, 0.3) is 0 Å². The highest BCUT2D eigenvalue weighted by Crippen LogP contribution is 2.35. The van der Waals surface area contributed by atoms with Crippen LogP contribution in [0.15, 0.2) is 12.1 Å². The number of carbonyl (C=O) groups excluding carboxylic acids is 1. The predicted octanol–water partition coefficient (Wildman–Crippen LogP) is 4.09. The van der Waals surface area contributed by atoms with Crippen LogP contribution in [0, 0.1) is 11.8 Å². The number of anilines is 1. The van der Waals surface area contributed by atoms with Gasteiger partial charge in [-0.1, -0.05) is 34.8 Å². The molecule has 1 aromatic carbocycles. The third-order valence-electron chi connectivity index (χ3n) is 3.42. The van der Waals surface area contributed by atoms with Crippen molar-refractivity contribution in [1.82, 2.24) is 0 Å². The van der Waals surface area contributed by atoms with Crippen molar-refractivity contribution in [3.8, 4) is 0 Å². The first-order chi connectivity index (χ1) is 9.38. The Hall–Kier alpha value is -0.970. The zero-order valence-electron chi connectivity index (χ0n) is 10.3. The van der Waals surface area contributed by atoms with Gasteiger partial charge in [0.15, 0.2) is 0 Å². The van der Waals surface area contributed by atoms with E-state index >= 15 is 0 Å². The van der Waals surface area contributed by atoms with Crippen LogP contribution < -0.4 is 5.32 Å². The first-order valence-corrected chi connectivity index (χ1v) is 7.20. The molecular weight excluding hydrogens is 325 g/mol. The zero-order valence-corrected chi connectivity index (χ0v) is 12.6. The molecule has 1 aromatic rings. The monoisotopic (exact) mass is 335 g/mol. The predicted molar refractivity (Wildman–Crippen MR) is 78.6 cm³/mol. The number of hydrogen-bond acceptors (Lipinski definition) is 2. The molecule has 0 spiro atoms. The molecule has 108 valence electrons. The van der Waals surface area contributed by atoms with Crippen molar-refractivity contribution >= 4 is 52.4 Å². The molecule has 2 atom stereocenters. The number of carbonyl (C=O) groups is 2. The highest BCUT2D eigenvalue weighted by atomic mass is 35.5. The van der Waals surface area contributed by atoms with Crippen LogP contribution in [-0.2, 0) is 9.59 Å². The SMILES string of the molecule is O=C(O)C1CCC(C(=O)Nc2cc(Cl)c(Cl)cc2Cl)C1. The Kier molecular flexibility index (Phi) is 4.78. The number of rotatable bonds is 3. The fourth-order valence-corrected chi connectivity index (χ4v) is 2.89. The number of amides is 1. The lowest BCUT2D eigenvalue weighted by Crippen LogP contribution is -2.21. The van der Waals surface area contributed by atoms with Gasteiger partial charge in [-0.2, -0.15) is 0 Å². The van der Waals surface area contributed by atoms with Gasteiger partial charge in [-0.15, -0.1) is 0 Å². The van der Waals surface area contributed by atoms with E-state index in [0.717, 1.165) is 0 Å². The van der Waals surface area contributed by atoms with E-state index in [0.29, 0.717) is 40.0 Å². The van der Waals surface area contributed by atoms with Gasteiger partial charge >= 0.3 is 5.97 Å². The summed E-state index contributed by atoms with van der Waals surface area (Å²) in [7, 11) is 0. The summed E-state index contributed by atoms with van der Waals surface area (Å²) in [5.74, 6) is -1.86. The minimum atomic E-state index is -0.854. The molecule has 0 heterocycles. The maximum Gasteiger partial charge on any atom is 0.306 e. The number of halogens is 3. The Morgan fingerprint density at radius 3 is 2.25 bits per heavy atom. The molecule has 0 bridgehead atoms. The number of carboxylic acids is 1. The molecule has 1 fully saturated rings. The first kappa shape index (κ1) is 15.4. The van der Waals surface area contributed by atoms with Crippen molar-refractivity contribution < 1.29 is 14.7 Å². The fourth-order valence-electron chi connectivity index (χ4n) is 2.30. The highest BCUT2D eigenvalue weighted by Gasteiger charge is 2.34. The molecule has 1 aliphatic rings. The molecule has 0 radical (unpaired) electrons. The van der Waals surface area contributed by atoms with E-state index in [1.807, 2.05) is 0 Å². The van der Waals surface area contributed by atoms with Gasteiger partial charge in [0, 0.05) is 5.92 Å². The van der Waals surface area contributed by atoms with E-state index in [-0.39, 0.29) is 11.8 Å². The summed E-state index contributed by atoms with van der Waals surface area (Å²) in [6.45, 7) is 0. The lowest BCUT2D eigenvalue weighted by Gasteiger charge is -2.12. The number of aliphatic carboxylic acids is 1. The maximum absolute atomic E-state index is 12.1. The lowest BCUT2D eigenvalue weighted by molar-refractivity contribution is -0.141. The van der Waals surface area contributed by atoms with Crippen LogP contribution in [0.2, 0.25) is 15.1 Å². The second kappa shape index (κ2) is 6.20. The number of carboxylic acid groups (broad SMARTS) is 1. The maximum atomic E-state index is 12.1. The largest absolute Gasteiger partial charge is 0.481 e. The van der Waals surface area contributed by atoms with Crippen LogP contribution in [0.3, 0.4) is 0 Å². The minimum absolute atomic E-state index is 0.242. The van der Waals surface area contributed by atoms with Crippen LogP contribution in [0.4, 0.5) is 5.69 Å². The van der Waals surface area contributed by atoms with Crippen LogP contribution in [0.1, 0.15) is 19.3 Å². The van der Waals surface area contributed by atoms with Crippen molar-refractivity contribution in [1.29, 1.82) is 0 Å². The van der Waals surface area contributed by atoms with E-state index in [1.165, 1.54) is 12.1 Å². The molecule has 7 heteroatoms. The van der Waals surface area contributed by atoms with Crippen molar-refractivity contribution in [3.05, 3.63) is 27.2 Å². The second-order valence-electron chi connectivity index (χ2n) is 4.78. The Bertz CT molecular complexity index is 562. The molecule has 0 aromatic heterocycles.